The summed E-state index contributed by atoms with van der Waals surface area (Å²) in [6.45, 7) is 1.17. The first-order valence-electron chi connectivity index (χ1n) is 4.18. The normalized spacial score (nSPS) is 11.0. The molecule has 1 aromatic rings. The minimum Gasteiger partial charge on any atom is -0.392 e. The van der Waals surface area contributed by atoms with Crippen LogP contribution in [0.2, 0.25) is 0 Å². The number of aliphatic hydroxyl groups excluding tert-OH is 1. The average molecular weight is 202 g/mol. The predicted octanol–water partition coefficient (Wildman–Crippen LogP) is 1.28. The zero-order chi connectivity index (χ0) is 10.7. The Balaban J connectivity index is 3.35. The van der Waals surface area contributed by atoms with E-state index in [1.54, 1.807) is 0 Å². The molecule has 0 aliphatic carbocycles. The zero-order valence-corrected chi connectivity index (χ0v) is 7.80. The molecule has 0 unspecified atom stereocenters. The summed E-state index contributed by atoms with van der Waals surface area (Å²) in [5, 5.41) is 8.91. The van der Waals surface area contributed by atoms with Crippen LogP contribution in [0.3, 0.4) is 0 Å². The summed E-state index contributed by atoms with van der Waals surface area (Å²) in [5.41, 5.74) is 6.14. The van der Waals surface area contributed by atoms with Crippen molar-refractivity contribution in [3.63, 3.8) is 0 Å². The van der Waals surface area contributed by atoms with E-state index in [1.165, 1.54) is 13.1 Å². The first-order valence-corrected chi connectivity index (χ1v) is 4.18. The van der Waals surface area contributed by atoms with Crippen LogP contribution in [0.15, 0.2) is 6.20 Å². The number of aliphatic hydroxyl groups is 1. The summed E-state index contributed by atoms with van der Waals surface area (Å²) >= 11 is 0. The van der Waals surface area contributed by atoms with Crippen LogP contribution in [-0.4, -0.2) is 10.1 Å². The standard InChI is InChI=1S/C9H12F2N2O/c1-5-8(9(10)11)7(2-12)6(4-14)3-13-5/h3,9,14H,2,4,12H2,1H3. The van der Waals surface area contributed by atoms with Crippen molar-refractivity contribution in [3.8, 4) is 0 Å². The van der Waals surface area contributed by atoms with Crippen LogP contribution >= 0.6 is 0 Å². The lowest BCUT2D eigenvalue weighted by atomic mass is 10.0. The molecule has 0 aliphatic heterocycles. The van der Waals surface area contributed by atoms with Crippen molar-refractivity contribution in [2.45, 2.75) is 26.5 Å². The average Bonchev–Trinajstić information content (AvgIpc) is 2.16. The Hall–Kier alpha value is -1.07. The highest BCUT2D eigenvalue weighted by atomic mass is 19.3. The van der Waals surface area contributed by atoms with Gasteiger partial charge >= 0.3 is 0 Å². The van der Waals surface area contributed by atoms with Gasteiger partial charge in [-0.1, -0.05) is 0 Å². The highest BCUT2D eigenvalue weighted by molar-refractivity contribution is 5.36. The van der Waals surface area contributed by atoms with Crippen molar-refractivity contribution < 1.29 is 13.9 Å². The largest absolute Gasteiger partial charge is 0.392 e. The first kappa shape index (κ1) is 11.0. The number of nitrogens with zero attached hydrogens (tertiary/aromatic N) is 1. The van der Waals surface area contributed by atoms with E-state index >= 15 is 0 Å². The van der Waals surface area contributed by atoms with Gasteiger partial charge in [-0.25, -0.2) is 8.78 Å². The number of pyridine rings is 1. The van der Waals surface area contributed by atoms with Crippen molar-refractivity contribution in [1.82, 2.24) is 4.98 Å². The quantitative estimate of drug-likeness (QED) is 0.776. The molecule has 0 bridgehead atoms. The molecule has 1 aromatic heterocycles. The zero-order valence-electron chi connectivity index (χ0n) is 7.80. The van der Waals surface area contributed by atoms with Gasteiger partial charge in [0.25, 0.3) is 6.43 Å². The summed E-state index contributed by atoms with van der Waals surface area (Å²) in [7, 11) is 0. The predicted molar refractivity (Wildman–Crippen MR) is 47.7 cm³/mol. The van der Waals surface area contributed by atoms with Gasteiger partial charge in [0.05, 0.1) is 6.61 Å². The van der Waals surface area contributed by atoms with E-state index in [9.17, 15) is 8.78 Å². The lowest BCUT2D eigenvalue weighted by Crippen LogP contribution is -2.09. The minimum atomic E-state index is -2.60. The summed E-state index contributed by atoms with van der Waals surface area (Å²) in [6.07, 6.45) is -1.23. The fourth-order valence-corrected chi connectivity index (χ4v) is 1.38. The van der Waals surface area contributed by atoms with Gasteiger partial charge in [0, 0.05) is 29.6 Å². The third kappa shape index (κ3) is 1.88. The summed E-state index contributed by atoms with van der Waals surface area (Å²) in [5.74, 6) is 0. The van der Waals surface area contributed by atoms with Gasteiger partial charge in [-0.2, -0.15) is 0 Å². The molecule has 0 aliphatic rings. The Labute approximate surface area is 80.6 Å². The number of hydrogen-bond donors (Lipinski definition) is 2. The molecule has 0 saturated carbocycles. The van der Waals surface area contributed by atoms with Gasteiger partial charge < -0.3 is 10.8 Å². The van der Waals surface area contributed by atoms with E-state index in [-0.39, 0.29) is 24.4 Å². The Kier molecular flexibility index (Phi) is 3.49. The van der Waals surface area contributed by atoms with Crippen LogP contribution < -0.4 is 5.73 Å². The van der Waals surface area contributed by atoms with Crippen molar-refractivity contribution in [2.75, 3.05) is 0 Å². The number of alkyl halides is 2. The summed E-state index contributed by atoms with van der Waals surface area (Å²) in [6, 6.07) is 0. The van der Waals surface area contributed by atoms with Gasteiger partial charge in [-0.05, 0) is 12.5 Å². The fraction of sp³-hybridized carbons (Fsp3) is 0.444. The van der Waals surface area contributed by atoms with Crippen LogP contribution in [-0.2, 0) is 13.2 Å². The fourth-order valence-electron chi connectivity index (χ4n) is 1.38. The van der Waals surface area contributed by atoms with Gasteiger partial charge in [-0.15, -0.1) is 0 Å². The molecule has 14 heavy (non-hydrogen) atoms. The molecule has 1 heterocycles. The van der Waals surface area contributed by atoms with Crippen molar-refractivity contribution in [3.05, 3.63) is 28.6 Å². The SMILES string of the molecule is Cc1ncc(CO)c(CN)c1C(F)F. The van der Waals surface area contributed by atoms with E-state index < -0.39 is 6.43 Å². The smallest absolute Gasteiger partial charge is 0.265 e. The molecule has 3 nitrogen and oxygen atoms in total. The number of rotatable bonds is 3. The van der Waals surface area contributed by atoms with E-state index in [0.717, 1.165) is 0 Å². The molecule has 0 saturated heterocycles. The number of halogens is 2. The second kappa shape index (κ2) is 4.43. The molecule has 3 N–H and O–H groups in total. The highest BCUT2D eigenvalue weighted by Gasteiger charge is 2.18. The Morgan fingerprint density at radius 1 is 1.57 bits per heavy atom. The Bertz CT molecular complexity index is 329. The van der Waals surface area contributed by atoms with Crippen LogP contribution in [0.5, 0.6) is 0 Å². The number of hydrogen-bond acceptors (Lipinski definition) is 3. The van der Waals surface area contributed by atoms with Crippen molar-refractivity contribution in [1.29, 1.82) is 0 Å². The van der Waals surface area contributed by atoms with Gasteiger partial charge in [-0.3, -0.25) is 4.98 Å². The molecular weight excluding hydrogens is 190 g/mol. The van der Waals surface area contributed by atoms with E-state index in [4.69, 9.17) is 10.8 Å². The first-order chi connectivity index (χ1) is 6.61. The molecule has 5 heteroatoms. The van der Waals surface area contributed by atoms with Crippen LogP contribution in [0, 0.1) is 6.92 Å². The van der Waals surface area contributed by atoms with E-state index in [1.807, 2.05) is 0 Å². The summed E-state index contributed by atoms with van der Waals surface area (Å²) < 4.78 is 25.2. The topological polar surface area (TPSA) is 59.1 Å². The minimum absolute atomic E-state index is 0.0150. The van der Waals surface area contributed by atoms with Crippen molar-refractivity contribution >= 4 is 0 Å². The summed E-state index contributed by atoms with van der Waals surface area (Å²) in [4.78, 5) is 3.78. The van der Waals surface area contributed by atoms with Gasteiger partial charge in [0.1, 0.15) is 0 Å². The molecular formula is C9H12F2N2O. The van der Waals surface area contributed by atoms with Gasteiger partial charge in [0.15, 0.2) is 0 Å². The van der Waals surface area contributed by atoms with Crippen LogP contribution in [0.4, 0.5) is 8.78 Å². The second-order valence-corrected chi connectivity index (χ2v) is 2.92. The molecule has 0 aromatic carbocycles. The third-order valence-corrected chi connectivity index (χ3v) is 2.11. The van der Waals surface area contributed by atoms with Crippen LogP contribution in [0.1, 0.15) is 28.8 Å². The van der Waals surface area contributed by atoms with E-state index in [2.05, 4.69) is 4.98 Å². The number of aromatic nitrogens is 1. The molecule has 0 amide bonds. The molecule has 78 valence electrons. The Morgan fingerprint density at radius 3 is 2.64 bits per heavy atom. The lowest BCUT2D eigenvalue weighted by Gasteiger charge is -2.13. The second-order valence-electron chi connectivity index (χ2n) is 2.92. The third-order valence-electron chi connectivity index (χ3n) is 2.11. The molecule has 0 spiro atoms. The maximum Gasteiger partial charge on any atom is 0.265 e. The molecule has 0 fully saturated rings. The molecule has 1 rings (SSSR count). The molecule has 0 atom stereocenters. The number of aryl methyl sites for hydroxylation is 1. The maximum absolute atomic E-state index is 12.6. The van der Waals surface area contributed by atoms with Crippen molar-refractivity contribution in [2.24, 2.45) is 5.73 Å². The number of nitrogens with two attached hydrogens (primary N) is 1. The molecule has 0 radical (unpaired) electrons. The van der Waals surface area contributed by atoms with Crippen LogP contribution in [0.25, 0.3) is 0 Å². The van der Waals surface area contributed by atoms with E-state index in [0.29, 0.717) is 11.1 Å². The monoisotopic (exact) mass is 202 g/mol. The Morgan fingerprint density at radius 2 is 2.21 bits per heavy atom. The van der Waals surface area contributed by atoms with Gasteiger partial charge in [0.2, 0.25) is 0 Å². The lowest BCUT2D eigenvalue weighted by molar-refractivity contribution is 0.148. The highest BCUT2D eigenvalue weighted by Crippen LogP contribution is 2.27. The maximum atomic E-state index is 12.6.